The number of hydrogen-bond donors (Lipinski definition) is 2. The molecule has 4 nitrogen and oxygen atoms in total. The monoisotopic (exact) mass is 278 g/mol. The lowest BCUT2D eigenvalue weighted by Gasteiger charge is -2.28. The molecule has 1 aliphatic rings. The van der Waals surface area contributed by atoms with Gasteiger partial charge in [0.2, 0.25) is 10.0 Å². The van der Waals surface area contributed by atoms with Gasteiger partial charge in [-0.05, 0) is 29.8 Å². The van der Waals surface area contributed by atoms with E-state index in [0.29, 0.717) is 11.3 Å². The van der Waals surface area contributed by atoms with Crippen LogP contribution in [0.2, 0.25) is 0 Å². The van der Waals surface area contributed by atoms with Crippen molar-refractivity contribution in [2.24, 2.45) is 0 Å². The van der Waals surface area contributed by atoms with Gasteiger partial charge in [0.25, 0.3) is 0 Å². The summed E-state index contributed by atoms with van der Waals surface area (Å²) < 4.78 is 39.9. The normalized spacial score (nSPS) is 20.4. The molecule has 2 aromatic carbocycles. The Morgan fingerprint density at radius 3 is 2.63 bits per heavy atom. The number of benzene rings is 2. The zero-order valence-electron chi connectivity index (χ0n) is 9.80. The summed E-state index contributed by atoms with van der Waals surface area (Å²) in [5, 5.41) is 3.04. The first-order valence-electron chi connectivity index (χ1n) is 5.70. The van der Waals surface area contributed by atoms with E-state index in [4.69, 9.17) is 0 Å². The molecule has 0 saturated heterocycles. The van der Waals surface area contributed by atoms with Crippen LogP contribution in [-0.2, 0) is 10.0 Å². The van der Waals surface area contributed by atoms with Crippen molar-refractivity contribution in [3.8, 4) is 0 Å². The summed E-state index contributed by atoms with van der Waals surface area (Å²) in [6, 6.07) is 12.4. The number of rotatable bonds is 1. The van der Waals surface area contributed by atoms with Gasteiger partial charge in [0.1, 0.15) is 16.9 Å². The first-order valence-corrected chi connectivity index (χ1v) is 7.18. The molecule has 0 amide bonds. The molecule has 0 bridgehead atoms. The van der Waals surface area contributed by atoms with E-state index in [9.17, 15) is 12.8 Å². The van der Waals surface area contributed by atoms with Crippen LogP contribution in [0.5, 0.6) is 0 Å². The molecule has 98 valence electrons. The smallest absolute Gasteiger partial charge is 0.244 e. The number of sulfonamides is 1. The summed E-state index contributed by atoms with van der Waals surface area (Å²) >= 11 is 0. The third-order valence-electron chi connectivity index (χ3n) is 2.93. The van der Waals surface area contributed by atoms with Crippen molar-refractivity contribution >= 4 is 15.7 Å². The molecule has 0 aromatic heterocycles. The maximum atomic E-state index is 13.2. The number of anilines is 1. The number of hydrogen-bond acceptors (Lipinski definition) is 3. The van der Waals surface area contributed by atoms with Gasteiger partial charge in [0.05, 0.1) is 5.69 Å². The highest BCUT2D eigenvalue weighted by Crippen LogP contribution is 2.30. The lowest BCUT2D eigenvalue weighted by atomic mass is 10.1. The topological polar surface area (TPSA) is 58.2 Å². The van der Waals surface area contributed by atoms with Gasteiger partial charge in [0, 0.05) is 0 Å². The van der Waals surface area contributed by atoms with Gasteiger partial charge >= 0.3 is 0 Å². The third-order valence-corrected chi connectivity index (χ3v) is 4.41. The standard InChI is InChI=1S/C13H11FN2O2S/c14-10-5-3-4-9(8-10)13-15-11-6-1-2-7-12(11)19(17,18)16-13/h1-8,13,15-16H. The fraction of sp³-hybridized carbons (Fsp3) is 0.0769. The molecule has 2 N–H and O–H groups in total. The maximum Gasteiger partial charge on any atom is 0.244 e. The number of halogens is 1. The molecule has 1 unspecified atom stereocenters. The van der Waals surface area contributed by atoms with E-state index in [0.717, 1.165) is 0 Å². The summed E-state index contributed by atoms with van der Waals surface area (Å²) in [6.07, 6.45) is -0.671. The minimum Gasteiger partial charge on any atom is -0.364 e. The summed E-state index contributed by atoms with van der Waals surface area (Å²) in [6.45, 7) is 0. The zero-order valence-corrected chi connectivity index (χ0v) is 10.6. The molecule has 1 atom stereocenters. The Bertz CT molecular complexity index is 731. The molecule has 3 rings (SSSR count). The van der Waals surface area contributed by atoms with Crippen molar-refractivity contribution in [3.05, 3.63) is 59.9 Å². The Hall–Kier alpha value is -1.92. The predicted octanol–water partition coefficient (Wildman–Crippen LogP) is 2.23. The minimum absolute atomic E-state index is 0.197. The van der Waals surface area contributed by atoms with Crippen molar-refractivity contribution in [2.45, 2.75) is 11.1 Å². The predicted molar refractivity (Wildman–Crippen MR) is 69.5 cm³/mol. The van der Waals surface area contributed by atoms with Crippen LogP contribution in [0.25, 0.3) is 0 Å². The Morgan fingerprint density at radius 2 is 1.84 bits per heavy atom. The largest absolute Gasteiger partial charge is 0.364 e. The molecule has 0 radical (unpaired) electrons. The highest BCUT2D eigenvalue weighted by atomic mass is 32.2. The van der Waals surface area contributed by atoms with E-state index >= 15 is 0 Å². The van der Waals surface area contributed by atoms with Gasteiger partial charge < -0.3 is 5.32 Å². The maximum absolute atomic E-state index is 13.2. The van der Waals surface area contributed by atoms with Crippen molar-refractivity contribution in [1.29, 1.82) is 0 Å². The molecule has 1 aliphatic heterocycles. The second-order valence-electron chi connectivity index (χ2n) is 4.25. The van der Waals surface area contributed by atoms with Crippen LogP contribution in [-0.4, -0.2) is 8.42 Å². The molecule has 0 fully saturated rings. The van der Waals surface area contributed by atoms with Crippen LogP contribution in [0.4, 0.5) is 10.1 Å². The fourth-order valence-electron chi connectivity index (χ4n) is 2.06. The van der Waals surface area contributed by atoms with E-state index < -0.39 is 22.0 Å². The Morgan fingerprint density at radius 1 is 1.05 bits per heavy atom. The highest BCUT2D eigenvalue weighted by Gasteiger charge is 2.29. The summed E-state index contributed by atoms with van der Waals surface area (Å²) in [4.78, 5) is 0.197. The van der Waals surface area contributed by atoms with E-state index in [1.165, 1.54) is 18.2 Å². The first-order chi connectivity index (χ1) is 9.06. The Balaban J connectivity index is 2.06. The number of para-hydroxylation sites is 1. The zero-order chi connectivity index (χ0) is 13.5. The van der Waals surface area contributed by atoms with Gasteiger partial charge in [-0.1, -0.05) is 24.3 Å². The van der Waals surface area contributed by atoms with Crippen molar-refractivity contribution in [1.82, 2.24) is 4.72 Å². The van der Waals surface area contributed by atoms with Crippen LogP contribution in [0, 0.1) is 5.82 Å². The molecule has 0 spiro atoms. The van der Waals surface area contributed by atoms with Crippen LogP contribution in [0.15, 0.2) is 53.4 Å². The summed E-state index contributed by atoms with van der Waals surface area (Å²) in [7, 11) is -3.59. The molecule has 0 saturated carbocycles. The average molecular weight is 278 g/mol. The number of fused-ring (bicyclic) bond motifs is 1. The molecule has 6 heteroatoms. The summed E-state index contributed by atoms with van der Waals surface area (Å²) in [5.41, 5.74) is 1.04. The third kappa shape index (κ3) is 2.20. The van der Waals surface area contributed by atoms with Gasteiger partial charge in [-0.3, -0.25) is 0 Å². The first kappa shape index (κ1) is 12.1. The van der Waals surface area contributed by atoms with E-state index in [1.54, 1.807) is 30.3 Å². The summed E-state index contributed by atoms with van der Waals surface area (Å²) in [5.74, 6) is -0.405. The molecule has 2 aromatic rings. The Labute approximate surface area is 110 Å². The van der Waals surface area contributed by atoms with E-state index in [-0.39, 0.29) is 4.90 Å². The van der Waals surface area contributed by atoms with E-state index in [1.807, 2.05) is 0 Å². The van der Waals surface area contributed by atoms with Crippen LogP contribution < -0.4 is 10.0 Å². The van der Waals surface area contributed by atoms with Gasteiger partial charge in [0.15, 0.2) is 0 Å². The van der Waals surface area contributed by atoms with Gasteiger partial charge in [-0.15, -0.1) is 0 Å². The molecule has 0 aliphatic carbocycles. The fourth-order valence-corrected chi connectivity index (χ4v) is 3.37. The molecular formula is C13H11FN2O2S. The average Bonchev–Trinajstić information content (AvgIpc) is 2.38. The van der Waals surface area contributed by atoms with Crippen molar-refractivity contribution in [2.75, 3.05) is 5.32 Å². The Kier molecular flexibility index (Phi) is 2.76. The molecular weight excluding hydrogens is 267 g/mol. The van der Waals surface area contributed by atoms with Gasteiger partial charge in [-0.25, -0.2) is 12.8 Å². The van der Waals surface area contributed by atoms with Gasteiger partial charge in [-0.2, -0.15) is 4.72 Å². The quantitative estimate of drug-likeness (QED) is 0.841. The van der Waals surface area contributed by atoms with Crippen molar-refractivity contribution in [3.63, 3.8) is 0 Å². The second kappa shape index (κ2) is 4.32. The van der Waals surface area contributed by atoms with Crippen LogP contribution >= 0.6 is 0 Å². The lowest BCUT2D eigenvalue weighted by Crippen LogP contribution is -2.38. The van der Waals surface area contributed by atoms with E-state index in [2.05, 4.69) is 10.0 Å². The van der Waals surface area contributed by atoms with Crippen molar-refractivity contribution < 1.29 is 12.8 Å². The highest BCUT2D eigenvalue weighted by molar-refractivity contribution is 7.89. The number of nitrogens with one attached hydrogen (secondary N) is 2. The van der Waals surface area contributed by atoms with Crippen LogP contribution in [0.3, 0.4) is 0 Å². The molecule has 19 heavy (non-hydrogen) atoms. The minimum atomic E-state index is -3.59. The second-order valence-corrected chi connectivity index (χ2v) is 5.93. The van der Waals surface area contributed by atoms with Crippen LogP contribution in [0.1, 0.15) is 11.7 Å². The lowest BCUT2D eigenvalue weighted by molar-refractivity contribution is 0.560. The SMILES string of the molecule is O=S1(=O)NC(c2cccc(F)c2)Nc2ccccc21. The molecule has 1 heterocycles.